The van der Waals surface area contributed by atoms with Gasteiger partial charge in [0.15, 0.2) is 0 Å². The molecule has 0 radical (unpaired) electrons. The molecule has 0 saturated heterocycles. The number of nitrogens with zero attached hydrogens (tertiary/aromatic N) is 2. The van der Waals surface area contributed by atoms with E-state index in [9.17, 15) is 13.6 Å². The van der Waals surface area contributed by atoms with Crippen molar-refractivity contribution < 1.29 is 23.0 Å². The monoisotopic (exact) mass is 387 g/mol. The quantitative estimate of drug-likeness (QED) is 0.743. The van der Waals surface area contributed by atoms with E-state index in [4.69, 9.17) is 9.47 Å². The molecule has 3 aromatic rings. The first-order valence-corrected chi connectivity index (χ1v) is 8.84. The topological polar surface area (TPSA) is 67.5 Å². The highest BCUT2D eigenvalue weighted by Gasteiger charge is 2.29. The summed E-state index contributed by atoms with van der Waals surface area (Å²) >= 11 is 0. The molecule has 8 heteroatoms. The lowest BCUT2D eigenvalue weighted by molar-refractivity contribution is 0.0826. The Labute approximate surface area is 160 Å². The van der Waals surface area contributed by atoms with E-state index in [0.29, 0.717) is 34.6 Å². The van der Waals surface area contributed by atoms with Crippen molar-refractivity contribution in [3.8, 4) is 11.5 Å². The fourth-order valence-electron chi connectivity index (χ4n) is 3.36. The third kappa shape index (κ3) is 3.15. The summed E-state index contributed by atoms with van der Waals surface area (Å²) in [5.41, 5.74) is 1.77. The van der Waals surface area contributed by atoms with E-state index in [1.165, 1.54) is 4.90 Å². The molecule has 0 aliphatic carbocycles. The van der Waals surface area contributed by atoms with Gasteiger partial charge in [0.25, 0.3) is 5.91 Å². The molecule has 28 heavy (non-hydrogen) atoms. The second-order valence-corrected chi connectivity index (χ2v) is 6.94. The van der Waals surface area contributed by atoms with Crippen LogP contribution in [0.4, 0.5) is 8.78 Å². The van der Waals surface area contributed by atoms with Crippen LogP contribution < -0.4 is 9.47 Å². The molecular weight excluding hydrogens is 368 g/mol. The summed E-state index contributed by atoms with van der Waals surface area (Å²) in [5.74, 6) is -0.484. The molecule has 1 aliphatic rings. The molecule has 0 unspecified atom stereocenters. The van der Waals surface area contributed by atoms with E-state index in [1.807, 2.05) is 0 Å². The Kier molecular flexibility index (Phi) is 4.41. The maximum Gasteiger partial charge on any atom is 0.253 e. The normalized spacial score (nSPS) is 15.8. The predicted molar refractivity (Wildman–Crippen MR) is 98.7 cm³/mol. The summed E-state index contributed by atoms with van der Waals surface area (Å²) in [6, 6.07) is 5.26. The van der Waals surface area contributed by atoms with Gasteiger partial charge in [0.05, 0.1) is 17.7 Å². The summed E-state index contributed by atoms with van der Waals surface area (Å²) in [6.07, 6.45) is -0.305. The van der Waals surface area contributed by atoms with Gasteiger partial charge in [0.2, 0.25) is 0 Å². The lowest BCUT2D eigenvalue weighted by Crippen LogP contribution is -2.22. The zero-order valence-electron chi connectivity index (χ0n) is 15.7. The fraction of sp³-hybridized carbons (Fsp3) is 0.300. The van der Waals surface area contributed by atoms with Gasteiger partial charge in [-0.1, -0.05) is 0 Å². The number of amides is 1. The van der Waals surface area contributed by atoms with Gasteiger partial charge in [0.1, 0.15) is 40.6 Å². The first-order chi connectivity index (χ1) is 13.3. The molecular formula is C20H19F2N3O3. The minimum atomic E-state index is -0.727. The van der Waals surface area contributed by atoms with E-state index in [0.717, 1.165) is 12.1 Å². The number of H-pyrrole nitrogens is 1. The number of rotatable bonds is 3. The molecule has 0 bridgehead atoms. The van der Waals surface area contributed by atoms with Crippen LogP contribution in [0, 0.1) is 18.6 Å². The SMILES string of the molecule is Cc1nc2c(O[C@H]3CCOc4cc(F)cc(F)c43)cc(C(=O)N(C)C)cc2[nH]1. The average Bonchev–Trinajstić information content (AvgIpc) is 3.01. The number of fused-ring (bicyclic) bond motifs is 2. The molecule has 1 amide bonds. The van der Waals surface area contributed by atoms with Crippen molar-refractivity contribution in [3.05, 3.63) is 52.9 Å². The van der Waals surface area contributed by atoms with Crippen molar-refractivity contribution in [2.24, 2.45) is 0 Å². The summed E-state index contributed by atoms with van der Waals surface area (Å²) < 4.78 is 39.5. The smallest absolute Gasteiger partial charge is 0.253 e. The molecule has 1 aromatic heterocycles. The molecule has 2 aromatic carbocycles. The van der Waals surface area contributed by atoms with E-state index in [-0.39, 0.29) is 23.8 Å². The fourth-order valence-corrected chi connectivity index (χ4v) is 3.36. The summed E-state index contributed by atoms with van der Waals surface area (Å²) in [6.45, 7) is 2.06. The first-order valence-electron chi connectivity index (χ1n) is 8.84. The number of hydrogen-bond acceptors (Lipinski definition) is 4. The zero-order valence-corrected chi connectivity index (χ0v) is 15.7. The van der Waals surface area contributed by atoms with Crippen LogP contribution in [0.15, 0.2) is 24.3 Å². The van der Waals surface area contributed by atoms with Gasteiger partial charge in [-0.15, -0.1) is 0 Å². The van der Waals surface area contributed by atoms with Crippen LogP contribution >= 0.6 is 0 Å². The third-order valence-electron chi connectivity index (χ3n) is 4.61. The molecule has 0 spiro atoms. The van der Waals surface area contributed by atoms with Crippen LogP contribution in [0.25, 0.3) is 11.0 Å². The summed E-state index contributed by atoms with van der Waals surface area (Å²) in [7, 11) is 3.31. The van der Waals surface area contributed by atoms with Crippen molar-refractivity contribution in [2.45, 2.75) is 19.4 Å². The van der Waals surface area contributed by atoms with Gasteiger partial charge < -0.3 is 19.4 Å². The molecule has 6 nitrogen and oxygen atoms in total. The standard InChI is InChI=1S/C20H19F2N3O3/c1-10-23-14-6-11(20(26)25(2)3)7-17(19(14)24-10)28-15-4-5-27-16-9-12(21)8-13(22)18(15)16/h6-9,15H,4-5H2,1-3H3,(H,23,24)/t15-/m0/s1. The Morgan fingerprint density at radius 1 is 1.29 bits per heavy atom. The number of carbonyl (C=O) groups is 1. The van der Waals surface area contributed by atoms with Gasteiger partial charge in [0, 0.05) is 38.2 Å². The number of carbonyl (C=O) groups excluding carboxylic acids is 1. The number of nitrogens with one attached hydrogen (secondary N) is 1. The molecule has 1 atom stereocenters. The van der Waals surface area contributed by atoms with Crippen LogP contribution in [0.5, 0.6) is 11.5 Å². The zero-order chi connectivity index (χ0) is 20.0. The van der Waals surface area contributed by atoms with Crippen LogP contribution in [-0.4, -0.2) is 41.5 Å². The molecule has 4 rings (SSSR count). The highest BCUT2D eigenvalue weighted by atomic mass is 19.1. The Morgan fingerprint density at radius 2 is 2.07 bits per heavy atom. The minimum absolute atomic E-state index is 0.128. The Hall–Kier alpha value is -3.16. The van der Waals surface area contributed by atoms with Gasteiger partial charge in [-0.3, -0.25) is 4.79 Å². The van der Waals surface area contributed by atoms with Gasteiger partial charge in [-0.05, 0) is 19.1 Å². The van der Waals surface area contributed by atoms with E-state index >= 15 is 0 Å². The Balaban J connectivity index is 1.80. The molecule has 2 heterocycles. The number of ether oxygens (including phenoxy) is 2. The number of aromatic nitrogens is 2. The van der Waals surface area contributed by atoms with Crippen molar-refractivity contribution in [1.82, 2.24) is 14.9 Å². The molecule has 0 saturated carbocycles. The lowest BCUT2D eigenvalue weighted by atomic mass is 10.0. The van der Waals surface area contributed by atoms with Gasteiger partial charge in [-0.25, -0.2) is 13.8 Å². The Morgan fingerprint density at radius 3 is 2.82 bits per heavy atom. The molecule has 1 N–H and O–H groups in total. The molecule has 0 fully saturated rings. The third-order valence-corrected chi connectivity index (χ3v) is 4.61. The predicted octanol–water partition coefficient (Wildman–Crippen LogP) is 3.75. The number of aryl methyl sites for hydroxylation is 1. The summed E-state index contributed by atoms with van der Waals surface area (Å²) in [5, 5.41) is 0. The van der Waals surface area contributed by atoms with Crippen LogP contribution in [0.2, 0.25) is 0 Å². The maximum atomic E-state index is 14.4. The highest BCUT2D eigenvalue weighted by Crippen LogP contribution is 2.39. The number of hydrogen-bond donors (Lipinski definition) is 1. The van der Waals surface area contributed by atoms with Crippen molar-refractivity contribution >= 4 is 16.9 Å². The van der Waals surface area contributed by atoms with Gasteiger partial charge in [-0.2, -0.15) is 0 Å². The van der Waals surface area contributed by atoms with E-state index in [1.54, 1.807) is 33.2 Å². The molecule has 1 aliphatic heterocycles. The number of aromatic amines is 1. The summed E-state index contributed by atoms with van der Waals surface area (Å²) in [4.78, 5) is 21.4. The van der Waals surface area contributed by atoms with Crippen molar-refractivity contribution in [2.75, 3.05) is 20.7 Å². The van der Waals surface area contributed by atoms with Crippen molar-refractivity contribution in [3.63, 3.8) is 0 Å². The second-order valence-electron chi connectivity index (χ2n) is 6.94. The highest BCUT2D eigenvalue weighted by molar-refractivity contribution is 5.99. The largest absolute Gasteiger partial charge is 0.493 e. The average molecular weight is 387 g/mol. The number of halogens is 2. The van der Waals surface area contributed by atoms with Crippen molar-refractivity contribution in [1.29, 1.82) is 0 Å². The van der Waals surface area contributed by atoms with Crippen LogP contribution in [-0.2, 0) is 0 Å². The minimum Gasteiger partial charge on any atom is -0.493 e. The molecule has 146 valence electrons. The van der Waals surface area contributed by atoms with E-state index < -0.39 is 17.7 Å². The number of imidazole rings is 1. The number of benzene rings is 2. The van der Waals surface area contributed by atoms with Crippen LogP contribution in [0.3, 0.4) is 0 Å². The first kappa shape index (κ1) is 18.2. The van der Waals surface area contributed by atoms with Crippen LogP contribution in [0.1, 0.15) is 34.3 Å². The second kappa shape index (κ2) is 6.78. The maximum absolute atomic E-state index is 14.4. The van der Waals surface area contributed by atoms with Gasteiger partial charge >= 0.3 is 0 Å². The Bertz CT molecular complexity index is 1080. The lowest BCUT2D eigenvalue weighted by Gasteiger charge is -2.27. The van der Waals surface area contributed by atoms with E-state index in [2.05, 4.69) is 9.97 Å².